The molecule has 0 spiro atoms. The molecule has 0 aliphatic heterocycles. The number of carbonyl (C=O) groups is 2. The molecule has 0 fully saturated rings. The lowest BCUT2D eigenvalue weighted by Gasteiger charge is -2.20. The molecule has 0 aliphatic rings. The van der Waals surface area contributed by atoms with E-state index in [1.165, 1.54) is 14.2 Å². The van der Waals surface area contributed by atoms with Crippen molar-refractivity contribution in [1.29, 1.82) is 0 Å². The molecule has 0 saturated carbocycles. The zero-order valence-electron chi connectivity index (χ0n) is 18.3. The molecule has 0 saturated heterocycles. The van der Waals surface area contributed by atoms with Gasteiger partial charge in [0.2, 0.25) is 11.5 Å². The van der Waals surface area contributed by atoms with Crippen molar-refractivity contribution in [3.63, 3.8) is 0 Å². The quantitative estimate of drug-likeness (QED) is 0.373. The molecule has 0 atom stereocenters. The van der Waals surface area contributed by atoms with Crippen LogP contribution >= 0.6 is 0 Å². The molecule has 7 nitrogen and oxygen atoms in total. The minimum atomic E-state index is -0.381. The summed E-state index contributed by atoms with van der Waals surface area (Å²) in [5, 5.41) is 1.08. The van der Waals surface area contributed by atoms with E-state index in [0.29, 0.717) is 22.9 Å². The number of benzene rings is 2. The van der Waals surface area contributed by atoms with Crippen LogP contribution in [0.1, 0.15) is 52.4 Å². The maximum absolute atomic E-state index is 12.4. The number of hydrogen-bond donors (Lipinski definition) is 0. The average molecular weight is 418 g/mol. The van der Waals surface area contributed by atoms with E-state index in [-0.39, 0.29) is 47.8 Å². The van der Waals surface area contributed by atoms with Gasteiger partial charge in [-0.1, -0.05) is 26.7 Å². The predicted molar refractivity (Wildman–Crippen MR) is 114 cm³/mol. The minimum absolute atomic E-state index is 0.182. The fraction of sp³-hybridized carbons (Fsp3) is 0.478. The van der Waals surface area contributed by atoms with Crippen LogP contribution < -0.4 is 23.7 Å². The molecule has 0 N–H and O–H groups in total. The highest BCUT2D eigenvalue weighted by molar-refractivity contribution is 6.02. The zero-order valence-corrected chi connectivity index (χ0v) is 18.3. The molecule has 2 rings (SSSR count). The number of ether oxygens (including phenoxy) is 5. The van der Waals surface area contributed by atoms with E-state index in [1.54, 1.807) is 25.3 Å². The Kier molecular flexibility index (Phi) is 8.77. The first kappa shape index (κ1) is 23.3. The number of carbonyl (C=O) groups excluding carboxylic acids is 2. The van der Waals surface area contributed by atoms with Crippen molar-refractivity contribution >= 4 is 22.7 Å². The lowest BCUT2D eigenvalue weighted by Crippen LogP contribution is -2.12. The van der Waals surface area contributed by atoms with Crippen LogP contribution in [0.25, 0.3) is 10.8 Å². The monoisotopic (exact) mass is 418 g/mol. The molecular weight excluding hydrogens is 388 g/mol. The standard InChI is InChI=1S/C23H30O7/c1-6-8-10-18(24)29-20-16-13-12-15(26-3)14-17(16)21(23(28-5)22(20)27-4)30-19(25)11-9-7-2/h12-14H,6-11H2,1-5H3. The van der Waals surface area contributed by atoms with Crippen LogP contribution in [0.5, 0.6) is 28.7 Å². The summed E-state index contributed by atoms with van der Waals surface area (Å²) in [7, 11) is 4.43. The van der Waals surface area contributed by atoms with E-state index in [0.717, 1.165) is 19.3 Å². The third-order valence-corrected chi connectivity index (χ3v) is 4.64. The molecule has 2 aromatic carbocycles. The average Bonchev–Trinajstić information content (AvgIpc) is 2.76. The Bertz CT molecular complexity index is 889. The van der Waals surface area contributed by atoms with Gasteiger partial charge < -0.3 is 23.7 Å². The Morgan fingerprint density at radius 2 is 1.20 bits per heavy atom. The number of rotatable bonds is 11. The summed E-state index contributed by atoms with van der Waals surface area (Å²) in [5.74, 6) is 0.610. The predicted octanol–water partition coefficient (Wildman–Crippen LogP) is 5.06. The van der Waals surface area contributed by atoms with Gasteiger partial charge in [-0.25, -0.2) is 0 Å². The van der Waals surface area contributed by atoms with Gasteiger partial charge in [-0.15, -0.1) is 0 Å². The van der Waals surface area contributed by atoms with Gasteiger partial charge in [0.25, 0.3) is 0 Å². The van der Waals surface area contributed by atoms with Crippen LogP contribution in [-0.4, -0.2) is 33.3 Å². The third kappa shape index (κ3) is 5.34. The van der Waals surface area contributed by atoms with Crippen molar-refractivity contribution in [1.82, 2.24) is 0 Å². The molecule has 0 radical (unpaired) electrons. The van der Waals surface area contributed by atoms with Crippen LogP contribution in [0.4, 0.5) is 0 Å². The van der Waals surface area contributed by atoms with E-state index < -0.39 is 0 Å². The van der Waals surface area contributed by atoms with E-state index in [1.807, 2.05) is 13.8 Å². The molecular formula is C23H30O7. The van der Waals surface area contributed by atoms with E-state index >= 15 is 0 Å². The SMILES string of the molecule is CCCCC(=O)Oc1c(OC)c(OC)c(OC(=O)CCCC)c2cc(OC)ccc12. The number of fused-ring (bicyclic) bond motifs is 1. The Hall–Kier alpha value is -2.96. The topological polar surface area (TPSA) is 80.3 Å². The van der Waals surface area contributed by atoms with Crippen molar-refractivity contribution in [2.24, 2.45) is 0 Å². The number of unbranched alkanes of at least 4 members (excludes halogenated alkanes) is 2. The molecule has 2 aromatic rings. The van der Waals surface area contributed by atoms with Gasteiger partial charge >= 0.3 is 11.9 Å². The summed E-state index contributed by atoms with van der Waals surface area (Å²) in [5.41, 5.74) is 0. The summed E-state index contributed by atoms with van der Waals surface area (Å²) in [6, 6.07) is 5.19. The second kappa shape index (κ2) is 11.3. The molecule has 0 unspecified atom stereocenters. The molecule has 7 heteroatoms. The maximum atomic E-state index is 12.4. The maximum Gasteiger partial charge on any atom is 0.311 e. The number of hydrogen-bond acceptors (Lipinski definition) is 7. The summed E-state index contributed by atoms with van der Waals surface area (Å²) in [6.45, 7) is 4.00. The van der Waals surface area contributed by atoms with Crippen LogP contribution in [0.15, 0.2) is 18.2 Å². The number of esters is 2. The number of methoxy groups -OCH3 is 3. The lowest BCUT2D eigenvalue weighted by molar-refractivity contribution is -0.135. The molecule has 0 amide bonds. The summed E-state index contributed by atoms with van der Waals surface area (Å²) < 4.78 is 27.7. The molecule has 0 heterocycles. The Balaban J connectivity index is 2.67. The summed E-state index contributed by atoms with van der Waals surface area (Å²) in [6.07, 6.45) is 3.75. The van der Waals surface area contributed by atoms with Gasteiger partial charge in [-0.2, -0.15) is 0 Å². The van der Waals surface area contributed by atoms with Crippen molar-refractivity contribution in [3.8, 4) is 28.7 Å². The molecule has 0 aromatic heterocycles. The fourth-order valence-corrected chi connectivity index (χ4v) is 3.03. The Labute approximate surface area is 177 Å². The zero-order chi connectivity index (χ0) is 22.1. The van der Waals surface area contributed by atoms with Gasteiger partial charge in [-0.3, -0.25) is 9.59 Å². The Morgan fingerprint density at radius 1 is 0.700 bits per heavy atom. The lowest BCUT2D eigenvalue weighted by atomic mass is 10.1. The third-order valence-electron chi connectivity index (χ3n) is 4.64. The van der Waals surface area contributed by atoms with Crippen LogP contribution in [0.2, 0.25) is 0 Å². The van der Waals surface area contributed by atoms with Crippen molar-refractivity contribution in [2.45, 2.75) is 52.4 Å². The normalized spacial score (nSPS) is 10.6. The van der Waals surface area contributed by atoms with Crippen LogP contribution in [-0.2, 0) is 9.59 Å². The van der Waals surface area contributed by atoms with Gasteiger partial charge in [0, 0.05) is 23.6 Å². The smallest absolute Gasteiger partial charge is 0.311 e. The fourth-order valence-electron chi connectivity index (χ4n) is 3.03. The van der Waals surface area contributed by atoms with Crippen LogP contribution in [0, 0.1) is 0 Å². The van der Waals surface area contributed by atoms with Gasteiger partial charge in [0.15, 0.2) is 11.5 Å². The highest BCUT2D eigenvalue weighted by atomic mass is 16.6. The molecule has 0 bridgehead atoms. The summed E-state index contributed by atoms with van der Waals surface area (Å²) >= 11 is 0. The second-order valence-electron chi connectivity index (χ2n) is 6.79. The second-order valence-corrected chi connectivity index (χ2v) is 6.79. The minimum Gasteiger partial charge on any atom is -0.497 e. The first-order valence-corrected chi connectivity index (χ1v) is 10.2. The molecule has 30 heavy (non-hydrogen) atoms. The van der Waals surface area contributed by atoms with E-state index in [9.17, 15) is 9.59 Å². The van der Waals surface area contributed by atoms with Crippen molar-refractivity contribution in [2.75, 3.05) is 21.3 Å². The van der Waals surface area contributed by atoms with E-state index in [4.69, 9.17) is 23.7 Å². The first-order valence-electron chi connectivity index (χ1n) is 10.2. The van der Waals surface area contributed by atoms with E-state index in [2.05, 4.69) is 0 Å². The van der Waals surface area contributed by atoms with Gasteiger partial charge in [0.1, 0.15) is 5.75 Å². The van der Waals surface area contributed by atoms with Gasteiger partial charge in [-0.05, 0) is 31.0 Å². The first-order chi connectivity index (χ1) is 14.5. The highest BCUT2D eigenvalue weighted by Gasteiger charge is 2.27. The molecule has 0 aliphatic carbocycles. The summed E-state index contributed by atoms with van der Waals surface area (Å²) in [4.78, 5) is 24.7. The van der Waals surface area contributed by atoms with Gasteiger partial charge in [0.05, 0.1) is 21.3 Å². The van der Waals surface area contributed by atoms with Crippen molar-refractivity contribution in [3.05, 3.63) is 18.2 Å². The Morgan fingerprint density at radius 3 is 1.63 bits per heavy atom. The molecule has 164 valence electrons. The van der Waals surface area contributed by atoms with Crippen molar-refractivity contribution < 1.29 is 33.3 Å². The van der Waals surface area contributed by atoms with Crippen LogP contribution in [0.3, 0.4) is 0 Å². The largest absolute Gasteiger partial charge is 0.497 e. The highest BCUT2D eigenvalue weighted by Crippen LogP contribution is 2.52.